The fraction of sp³-hybridized carbons (Fsp3) is 0.786. The number of aromatic nitrogens is 1. The summed E-state index contributed by atoms with van der Waals surface area (Å²) in [7, 11) is 0. The van der Waals surface area contributed by atoms with Crippen LogP contribution in [0.5, 0.6) is 0 Å². The van der Waals surface area contributed by atoms with Crippen molar-refractivity contribution in [3.05, 3.63) is 17.8 Å². The first-order valence-electron chi connectivity index (χ1n) is 7.13. The van der Waals surface area contributed by atoms with Crippen molar-refractivity contribution in [3.63, 3.8) is 0 Å². The number of ether oxygens (including phenoxy) is 1. The molecule has 0 amide bonds. The Morgan fingerprint density at radius 1 is 1.39 bits per heavy atom. The molecule has 0 aromatic carbocycles. The molecule has 1 aliphatic rings. The summed E-state index contributed by atoms with van der Waals surface area (Å²) in [5, 5.41) is 3.50. The number of nitrogens with zero attached hydrogens (tertiary/aromatic N) is 1. The zero-order valence-corrected chi connectivity index (χ0v) is 11.3. The lowest BCUT2D eigenvalue weighted by molar-refractivity contribution is 0.144. The molecule has 0 spiro atoms. The highest BCUT2D eigenvalue weighted by Gasteiger charge is 2.19. The van der Waals surface area contributed by atoms with E-state index in [1.54, 1.807) is 0 Å². The number of oxazole rings is 1. The SMILES string of the molecule is CCOCCCc1cnc(CCCNC2CC2)o1. The highest BCUT2D eigenvalue weighted by molar-refractivity contribution is 4.94. The summed E-state index contributed by atoms with van der Waals surface area (Å²) in [4.78, 5) is 4.31. The van der Waals surface area contributed by atoms with E-state index >= 15 is 0 Å². The molecule has 4 heteroatoms. The quantitative estimate of drug-likeness (QED) is 0.649. The van der Waals surface area contributed by atoms with Gasteiger partial charge in [0.2, 0.25) is 0 Å². The lowest BCUT2D eigenvalue weighted by atomic mass is 10.3. The molecule has 0 aliphatic heterocycles. The van der Waals surface area contributed by atoms with Crippen LogP contribution >= 0.6 is 0 Å². The van der Waals surface area contributed by atoms with E-state index in [-0.39, 0.29) is 0 Å². The predicted octanol–water partition coefficient (Wildman–Crippen LogP) is 2.33. The molecule has 1 aromatic rings. The van der Waals surface area contributed by atoms with Crippen LogP contribution in [0, 0.1) is 0 Å². The maximum absolute atomic E-state index is 5.69. The molecule has 1 aliphatic carbocycles. The van der Waals surface area contributed by atoms with E-state index in [2.05, 4.69) is 10.3 Å². The Hall–Kier alpha value is -0.870. The molecule has 0 bridgehead atoms. The van der Waals surface area contributed by atoms with Crippen LogP contribution in [-0.4, -0.2) is 30.8 Å². The first kappa shape index (κ1) is 13.6. The van der Waals surface area contributed by atoms with Crippen molar-refractivity contribution in [3.8, 4) is 0 Å². The molecule has 1 N–H and O–H groups in total. The first-order chi connectivity index (χ1) is 8.88. The summed E-state index contributed by atoms with van der Waals surface area (Å²) in [5.41, 5.74) is 0. The number of nitrogens with one attached hydrogen (secondary N) is 1. The topological polar surface area (TPSA) is 47.3 Å². The fourth-order valence-electron chi connectivity index (χ4n) is 1.91. The molecule has 4 nitrogen and oxygen atoms in total. The van der Waals surface area contributed by atoms with E-state index in [0.29, 0.717) is 0 Å². The van der Waals surface area contributed by atoms with Gasteiger partial charge in [-0.3, -0.25) is 0 Å². The van der Waals surface area contributed by atoms with E-state index in [4.69, 9.17) is 9.15 Å². The number of aryl methyl sites for hydroxylation is 2. The van der Waals surface area contributed by atoms with Gasteiger partial charge in [-0.25, -0.2) is 4.98 Å². The van der Waals surface area contributed by atoms with Crippen LogP contribution in [0.2, 0.25) is 0 Å². The largest absolute Gasteiger partial charge is 0.446 e. The normalized spacial score (nSPS) is 15.2. The molecule has 0 saturated heterocycles. The summed E-state index contributed by atoms with van der Waals surface area (Å²) < 4.78 is 11.0. The standard InChI is InChI=1S/C14H24N2O2/c1-2-17-10-4-5-13-11-16-14(18-13)6-3-9-15-12-7-8-12/h11-12,15H,2-10H2,1H3. The maximum Gasteiger partial charge on any atom is 0.194 e. The number of hydrogen-bond acceptors (Lipinski definition) is 4. The van der Waals surface area contributed by atoms with Crippen molar-refractivity contribution >= 4 is 0 Å². The van der Waals surface area contributed by atoms with Gasteiger partial charge in [-0.05, 0) is 39.2 Å². The minimum Gasteiger partial charge on any atom is -0.446 e. The molecule has 0 atom stereocenters. The predicted molar refractivity (Wildman–Crippen MR) is 70.7 cm³/mol. The van der Waals surface area contributed by atoms with E-state index in [9.17, 15) is 0 Å². The molecule has 1 aromatic heterocycles. The monoisotopic (exact) mass is 252 g/mol. The highest BCUT2D eigenvalue weighted by Crippen LogP contribution is 2.18. The van der Waals surface area contributed by atoms with Crippen LogP contribution in [0.25, 0.3) is 0 Å². The Bertz CT molecular complexity index is 334. The third kappa shape index (κ3) is 5.19. The Kier molecular flexibility index (Phi) is 5.68. The van der Waals surface area contributed by atoms with Crippen molar-refractivity contribution in [1.29, 1.82) is 0 Å². The molecule has 18 heavy (non-hydrogen) atoms. The molecule has 2 rings (SSSR count). The molecule has 1 saturated carbocycles. The molecule has 0 radical (unpaired) electrons. The minimum atomic E-state index is 0.787. The van der Waals surface area contributed by atoms with Crippen molar-refractivity contribution in [2.24, 2.45) is 0 Å². The van der Waals surface area contributed by atoms with E-state index in [1.807, 2.05) is 13.1 Å². The van der Waals surface area contributed by atoms with Gasteiger partial charge < -0.3 is 14.5 Å². The third-order valence-electron chi connectivity index (χ3n) is 3.10. The van der Waals surface area contributed by atoms with E-state index in [0.717, 1.165) is 63.1 Å². The molecule has 1 fully saturated rings. The van der Waals surface area contributed by atoms with Gasteiger partial charge in [-0.15, -0.1) is 0 Å². The van der Waals surface area contributed by atoms with Crippen molar-refractivity contribution in [2.75, 3.05) is 19.8 Å². The summed E-state index contributed by atoms with van der Waals surface area (Å²) in [6.07, 6.45) is 8.53. The van der Waals surface area contributed by atoms with Gasteiger partial charge in [-0.1, -0.05) is 0 Å². The lowest BCUT2D eigenvalue weighted by Gasteiger charge is -2.00. The summed E-state index contributed by atoms with van der Waals surface area (Å²) >= 11 is 0. The molecule has 1 heterocycles. The second kappa shape index (κ2) is 7.54. The molecular formula is C14H24N2O2. The summed E-state index contributed by atoms with van der Waals surface area (Å²) in [5.74, 6) is 1.86. The first-order valence-corrected chi connectivity index (χ1v) is 7.13. The smallest absolute Gasteiger partial charge is 0.194 e. The minimum absolute atomic E-state index is 0.787. The Labute approximate surface area is 109 Å². The maximum atomic E-state index is 5.69. The van der Waals surface area contributed by atoms with E-state index in [1.165, 1.54) is 12.8 Å². The van der Waals surface area contributed by atoms with Gasteiger partial charge >= 0.3 is 0 Å². The fourth-order valence-corrected chi connectivity index (χ4v) is 1.91. The van der Waals surface area contributed by atoms with Crippen LogP contribution in [0.1, 0.15) is 44.3 Å². The number of hydrogen-bond donors (Lipinski definition) is 1. The second-order valence-corrected chi connectivity index (χ2v) is 4.85. The van der Waals surface area contributed by atoms with Gasteiger partial charge in [0.25, 0.3) is 0 Å². The molecule has 0 unspecified atom stereocenters. The summed E-state index contributed by atoms with van der Waals surface area (Å²) in [6, 6.07) is 0.795. The molecular weight excluding hydrogens is 228 g/mol. The lowest BCUT2D eigenvalue weighted by Crippen LogP contribution is -2.17. The van der Waals surface area contributed by atoms with Crippen molar-refractivity contribution in [2.45, 2.75) is 51.5 Å². The van der Waals surface area contributed by atoms with E-state index < -0.39 is 0 Å². The molecule has 102 valence electrons. The zero-order chi connectivity index (χ0) is 12.6. The van der Waals surface area contributed by atoms with Gasteiger partial charge in [-0.2, -0.15) is 0 Å². The average Bonchev–Trinajstić information content (AvgIpc) is 3.10. The van der Waals surface area contributed by atoms with Crippen LogP contribution in [-0.2, 0) is 17.6 Å². The van der Waals surface area contributed by atoms with Crippen LogP contribution in [0.15, 0.2) is 10.6 Å². The average molecular weight is 252 g/mol. The van der Waals surface area contributed by atoms with Crippen LogP contribution in [0.4, 0.5) is 0 Å². The van der Waals surface area contributed by atoms with Crippen molar-refractivity contribution in [1.82, 2.24) is 10.3 Å². The zero-order valence-electron chi connectivity index (χ0n) is 11.3. The van der Waals surface area contributed by atoms with Gasteiger partial charge in [0.1, 0.15) is 5.76 Å². The van der Waals surface area contributed by atoms with Gasteiger partial charge in [0.05, 0.1) is 6.20 Å². The Balaban J connectivity index is 1.56. The highest BCUT2D eigenvalue weighted by atomic mass is 16.5. The van der Waals surface area contributed by atoms with Gasteiger partial charge in [0.15, 0.2) is 5.89 Å². The Morgan fingerprint density at radius 2 is 2.28 bits per heavy atom. The van der Waals surface area contributed by atoms with Gasteiger partial charge in [0, 0.05) is 32.1 Å². The number of rotatable bonds is 10. The van der Waals surface area contributed by atoms with Crippen LogP contribution < -0.4 is 5.32 Å². The summed E-state index contributed by atoms with van der Waals surface area (Å²) in [6.45, 7) is 4.68. The Morgan fingerprint density at radius 3 is 3.06 bits per heavy atom. The van der Waals surface area contributed by atoms with Crippen molar-refractivity contribution < 1.29 is 9.15 Å². The third-order valence-corrected chi connectivity index (χ3v) is 3.10. The van der Waals surface area contributed by atoms with Crippen LogP contribution in [0.3, 0.4) is 0 Å². The second-order valence-electron chi connectivity index (χ2n) is 4.85.